The Kier molecular flexibility index (Phi) is 2.95. The summed E-state index contributed by atoms with van der Waals surface area (Å²) in [5.74, 6) is -0.102. The normalized spacial score (nSPS) is 20.6. The summed E-state index contributed by atoms with van der Waals surface area (Å²) < 4.78 is 41.8. The number of amides is 1. The van der Waals surface area contributed by atoms with Crippen LogP contribution < -0.4 is 5.32 Å². The van der Waals surface area contributed by atoms with E-state index in [1.165, 1.54) is 12.1 Å². The van der Waals surface area contributed by atoms with Gasteiger partial charge in [0, 0.05) is 12.5 Å². The monoisotopic (exact) mass is 245 g/mol. The van der Waals surface area contributed by atoms with Crippen LogP contribution in [0.25, 0.3) is 0 Å². The minimum absolute atomic E-state index is 0.102. The largest absolute Gasteiger partial charge is 0.449 e. The first-order valence-corrected chi connectivity index (χ1v) is 5.04. The van der Waals surface area contributed by atoms with Gasteiger partial charge < -0.3 is 10.1 Å². The fourth-order valence-corrected chi connectivity index (χ4v) is 1.65. The summed E-state index contributed by atoms with van der Waals surface area (Å²) in [5, 5.41) is 2.49. The highest BCUT2D eigenvalue weighted by Gasteiger charge is 2.30. The zero-order valence-electron chi connectivity index (χ0n) is 8.75. The van der Waals surface area contributed by atoms with Crippen LogP contribution in [0.15, 0.2) is 24.3 Å². The van der Waals surface area contributed by atoms with Crippen molar-refractivity contribution in [2.45, 2.75) is 12.1 Å². The Hall–Kier alpha value is -1.72. The third kappa shape index (κ3) is 2.69. The zero-order chi connectivity index (χ0) is 12.5. The van der Waals surface area contributed by atoms with Gasteiger partial charge in [0.25, 0.3) is 0 Å². The van der Waals surface area contributed by atoms with Crippen molar-refractivity contribution in [3.63, 3.8) is 0 Å². The van der Waals surface area contributed by atoms with Crippen molar-refractivity contribution in [1.82, 2.24) is 5.32 Å². The molecule has 0 saturated carbocycles. The quantitative estimate of drug-likeness (QED) is 0.825. The molecule has 0 spiro atoms. The van der Waals surface area contributed by atoms with Crippen LogP contribution in [0.5, 0.6) is 0 Å². The van der Waals surface area contributed by atoms with Gasteiger partial charge in [-0.2, -0.15) is 13.2 Å². The summed E-state index contributed by atoms with van der Waals surface area (Å²) in [6.45, 7) is 0.571. The molecule has 1 saturated heterocycles. The first-order chi connectivity index (χ1) is 7.97. The predicted molar refractivity (Wildman–Crippen MR) is 53.5 cm³/mol. The number of rotatable bonds is 1. The molecule has 0 aromatic heterocycles. The van der Waals surface area contributed by atoms with Gasteiger partial charge in [0.2, 0.25) is 0 Å². The smallest absolute Gasteiger partial charge is 0.416 e. The van der Waals surface area contributed by atoms with Crippen molar-refractivity contribution in [1.29, 1.82) is 0 Å². The molecule has 92 valence electrons. The highest BCUT2D eigenvalue weighted by molar-refractivity contribution is 5.68. The molecule has 1 aliphatic rings. The molecular weight excluding hydrogens is 235 g/mol. The van der Waals surface area contributed by atoms with E-state index in [-0.39, 0.29) is 12.5 Å². The van der Waals surface area contributed by atoms with Gasteiger partial charge in [-0.05, 0) is 17.7 Å². The Bertz CT molecular complexity index is 404. The van der Waals surface area contributed by atoms with E-state index < -0.39 is 17.8 Å². The number of carbonyl (C=O) groups is 1. The molecule has 2 rings (SSSR count). The average Bonchev–Trinajstić information content (AvgIpc) is 2.29. The molecule has 1 atom stereocenters. The maximum atomic E-state index is 12.3. The Morgan fingerprint density at radius 1 is 1.24 bits per heavy atom. The van der Waals surface area contributed by atoms with Crippen molar-refractivity contribution in [3.05, 3.63) is 35.4 Å². The Labute approximate surface area is 95.6 Å². The van der Waals surface area contributed by atoms with Crippen LogP contribution >= 0.6 is 0 Å². The molecule has 1 aliphatic heterocycles. The third-order valence-electron chi connectivity index (χ3n) is 2.62. The lowest BCUT2D eigenvalue weighted by atomic mass is 9.98. The Balaban J connectivity index is 2.10. The zero-order valence-corrected chi connectivity index (χ0v) is 8.75. The van der Waals surface area contributed by atoms with E-state index in [0.717, 1.165) is 17.7 Å². The Morgan fingerprint density at radius 3 is 2.35 bits per heavy atom. The first kappa shape index (κ1) is 11.8. The van der Waals surface area contributed by atoms with Gasteiger partial charge in [-0.25, -0.2) is 4.79 Å². The number of carbonyl (C=O) groups excluding carboxylic acids is 1. The second kappa shape index (κ2) is 4.27. The molecule has 0 radical (unpaired) electrons. The lowest BCUT2D eigenvalue weighted by Gasteiger charge is -2.23. The van der Waals surface area contributed by atoms with Gasteiger partial charge >= 0.3 is 12.3 Å². The van der Waals surface area contributed by atoms with E-state index in [1.807, 2.05) is 0 Å². The molecule has 0 aliphatic carbocycles. The summed E-state index contributed by atoms with van der Waals surface area (Å²) in [6, 6.07) is 4.89. The van der Waals surface area contributed by atoms with Crippen molar-refractivity contribution in [3.8, 4) is 0 Å². The molecule has 3 nitrogen and oxygen atoms in total. The number of ether oxygens (including phenoxy) is 1. The first-order valence-electron chi connectivity index (χ1n) is 5.04. The van der Waals surface area contributed by atoms with E-state index >= 15 is 0 Å². The van der Waals surface area contributed by atoms with Crippen LogP contribution in [0.3, 0.4) is 0 Å². The van der Waals surface area contributed by atoms with Crippen molar-refractivity contribution >= 4 is 6.09 Å². The van der Waals surface area contributed by atoms with Gasteiger partial charge in [-0.15, -0.1) is 0 Å². The van der Waals surface area contributed by atoms with Crippen LogP contribution in [0.1, 0.15) is 17.0 Å². The number of benzene rings is 1. The molecule has 1 heterocycles. The summed E-state index contributed by atoms with van der Waals surface area (Å²) in [4.78, 5) is 10.7. The van der Waals surface area contributed by atoms with Gasteiger partial charge in [0.15, 0.2) is 0 Å². The molecule has 1 fully saturated rings. The van der Waals surface area contributed by atoms with Gasteiger partial charge in [-0.1, -0.05) is 12.1 Å². The molecule has 1 unspecified atom stereocenters. The summed E-state index contributed by atoms with van der Waals surface area (Å²) in [6.07, 6.45) is -4.82. The highest BCUT2D eigenvalue weighted by atomic mass is 19.4. The van der Waals surface area contributed by atoms with E-state index in [9.17, 15) is 18.0 Å². The van der Waals surface area contributed by atoms with E-state index in [4.69, 9.17) is 4.74 Å². The molecular formula is C11H10F3NO2. The number of hydrogen-bond donors (Lipinski definition) is 1. The minimum atomic E-state index is -4.32. The fraction of sp³-hybridized carbons (Fsp3) is 0.364. The maximum absolute atomic E-state index is 12.3. The number of alkyl carbamates (subject to hydrolysis) is 1. The molecule has 6 heteroatoms. The lowest BCUT2D eigenvalue weighted by Crippen LogP contribution is -2.37. The standard InChI is InChI=1S/C11H10F3NO2/c12-11(13,14)9-3-1-7(2-4-9)8-5-15-10(16)17-6-8/h1-4,8H,5-6H2,(H,15,16). The minimum Gasteiger partial charge on any atom is -0.449 e. The molecule has 1 amide bonds. The van der Waals surface area contributed by atoms with Crippen molar-refractivity contribution in [2.24, 2.45) is 0 Å². The van der Waals surface area contributed by atoms with Crippen LogP contribution in [-0.2, 0) is 10.9 Å². The second-order valence-corrected chi connectivity index (χ2v) is 3.80. The van der Waals surface area contributed by atoms with E-state index in [2.05, 4.69) is 5.32 Å². The summed E-state index contributed by atoms with van der Waals surface area (Å²) >= 11 is 0. The molecule has 1 aromatic rings. The number of alkyl halides is 3. The van der Waals surface area contributed by atoms with E-state index in [1.54, 1.807) is 0 Å². The molecule has 17 heavy (non-hydrogen) atoms. The number of halogens is 3. The number of nitrogens with one attached hydrogen (secondary N) is 1. The second-order valence-electron chi connectivity index (χ2n) is 3.80. The summed E-state index contributed by atoms with van der Waals surface area (Å²) in [5.41, 5.74) is 0.0417. The highest BCUT2D eigenvalue weighted by Crippen LogP contribution is 2.30. The van der Waals surface area contributed by atoms with Crippen LogP contribution in [0.2, 0.25) is 0 Å². The Morgan fingerprint density at radius 2 is 1.88 bits per heavy atom. The van der Waals surface area contributed by atoms with Gasteiger partial charge in [0.1, 0.15) is 6.61 Å². The average molecular weight is 245 g/mol. The van der Waals surface area contributed by atoms with Crippen LogP contribution in [0.4, 0.5) is 18.0 Å². The molecule has 0 bridgehead atoms. The number of hydrogen-bond acceptors (Lipinski definition) is 2. The third-order valence-corrected chi connectivity index (χ3v) is 2.62. The van der Waals surface area contributed by atoms with Crippen LogP contribution in [0, 0.1) is 0 Å². The van der Waals surface area contributed by atoms with Crippen molar-refractivity contribution in [2.75, 3.05) is 13.2 Å². The topological polar surface area (TPSA) is 38.3 Å². The van der Waals surface area contributed by atoms with E-state index in [0.29, 0.717) is 6.54 Å². The van der Waals surface area contributed by atoms with Crippen LogP contribution in [-0.4, -0.2) is 19.2 Å². The lowest BCUT2D eigenvalue weighted by molar-refractivity contribution is -0.137. The molecule has 1 N–H and O–H groups in total. The predicted octanol–water partition coefficient (Wildman–Crippen LogP) is 2.53. The fourth-order valence-electron chi connectivity index (χ4n) is 1.65. The SMILES string of the molecule is O=C1NCC(c2ccc(C(F)(F)F)cc2)CO1. The number of cyclic esters (lactones) is 1. The van der Waals surface area contributed by atoms with Crippen molar-refractivity contribution < 1.29 is 22.7 Å². The van der Waals surface area contributed by atoms with Gasteiger partial charge in [0.05, 0.1) is 5.56 Å². The molecule has 1 aromatic carbocycles. The summed E-state index contributed by atoms with van der Waals surface area (Å²) in [7, 11) is 0. The maximum Gasteiger partial charge on any atom is 0.416 e. The van der Waals surface area contributed by atoms with Gasteiger partial charge in [-0.3, -0.25) is 0 Å².